The van der Waals surface area contributed by atoms with Crippen LogP contribution in [-0.4, -0.2) is 21.5 Å². The molecule has 0 radical (unpaired) electrons. The maximum absolute atomic E-state index is 13.9. The molecule has 1 aliphatic carbocycles. The number of benzene rings is 3. The molecular formula is C28H25N3O3. The molecule has 6 nitrogen and oxygen atoms in total. The van der Waals surface area contributed by atoms with Gasteiger partial charge >= 0.3 is 0 Å². The fourth-order valence-electron chi connectivity index (χ4n) is 4.87. The van der Waals surface area contributed by atoms with Gasteiger partial charge in [-0.2, -0.15) is 5.10 Å². The Balaban J connectivity index is 1.60. The topological polar surface area (TPSA) is 94.3 Å². The van der Waals surface area contributed by atoms with Gasteiger partial charge in [-0.25, -0.2) is 0 Å². The van der Waals surface area contributed by atoms with E-state index in [1.165, 1.54) is 0 Å². The summed E-state index contributed by atoms with van der Waals surface area (Å²) in [6.45, 7) is 0.356. The van der Waals surface area contributed by atoms with Gasteiger partial charge < -0.3 is 15.3 Å². The van der Waals surface area contributed by atoms with Crippen molar-refractivity contribution in [1.82, 2.24) is 9.78 Å². The van der Waals surface area contributed by atoms with E-state index in [9.17, 15) is 9.90 Å². The Labute approximate surface area is 196 Å². The van der Waals surface area contributed by atoms with E-state index in [0.717, 1.165) is 41.3 Å². The van der Waals surface area contributed by atoms with Crippen molar-refractivity contribution in [2.24, 2.45) is 5.73 Å². The zero-order valence-corrected chi connectivity index (χ0v) is 18.7. The SMILES string of the molecule is NC1(c2ccc(-c3c(-c4ccccc4)oc4c(ccc5cn(CCO)nc54)c3=O)cc2)CCC1. The lowest BCUT2D eigenvalue weighted by molar-refractivity contribution is 0.253. The standard InChI is InChI=1S/C28H25N3O3/c29-28(13-4-14-28)21-10-7-18(8-11-21)23-25(33)22-12-9-20-17-31(15-16-32)30-24(20)27(22)34-26(23)19-5-2-1-3-6-19/h1-3,5-12,17,32H,4,13-16,29H2. The van der Waals surface area contributed by atoms with E-state index >= 15 is 0 Å². The molecule has 34 heavy (non-hydrogen) atoms. The third-order valence-corrected chi connectivity index (χ3v) is 6.94. The molecule has 170 valence electrons. The first-order valence-electron chi connectivity index (χ1n) is 11.6. The Bertz CT molecular complexity index is 1560. The lowest BCUT2D eigenvalue weighted by atomic mass is 9.72. The van der Waals surface area contributed by atoms with Gasteiger partial charge in [-0.15, -0.1) is 0 Å². The lowest BCUT2D eigenvalue weighted by Gasteiger charge is -2.38. The Morgan fingerprint density at radius 3 is 2.44 bits per heavy atom. The third kappa shape index (κ3) is 3.26. The summed E-state index contributed by atoms with van der Waals surface area (Å²) in [6, 6.07) is 21.4. The molecule has 2 heterocycles. The molecule has 0 atom stereocenters. The van der Waals surface area contributed by atoms with Gasteiger partial charge in [-0.3, -0.25) is 9.48 Å². The van der Waals surface area contributed by atoms with Crippen LogP contribution in [0, 0.1) is 0 Å². The van der Waals surface area contributed by atoms with Crippen LogP contribution < -0.4 is 11.2 Å². The van der Waals surface area contributed by atoms with E-state index in [-0.39, 0.29) is 17.6 Å². The Kier molecular flexibility index (Phi) is 4.86. The monoisotopic (exact) mass is 451 g/mol. The molecule has 1 saturated carbocycles. The smallest absolute Gasteiger partial charge is 0.201 e. The van der Waals surface area contributed by atoms with Crippen LogP contribution in [0.3, 0.4) is 0 Å². The highest BCUT2D eigenvalue weighted by Crippen LogP contribution is 2.40. The molecule has 3 aromatic carbocycles. The second-order valence-electron chi connectivity index (χ2n) is 9.08. The van der Waals surface area contributed by atoms with Crippen LogP contribution >= 0.6 is 0 Å². The Hall–Kier alpha value is -3.74. The first kappa shape index (κ1) is 20.8. The summed E-state index contributed by atoms with van der Waals surface area (Å²) in [5.74, 6) is 0.515. The van der Waals surface area contributed by atoms with E-state index in [2.05, 4.69) is 5.10 Å². The number of rotatable bonds is 5. The molecular weight excluding hydrogens is 426 g/mol. The molecule has 6 rings (SSSR count). The summed E-state index contributed by atoms with van der Waals surface area (Å²) >= 11 is 0. The van der Waals surface area contributed by atoms with Crippen LogP contribution in [0.4, 0.5) is 0 Å². The largest absolute Gasteiger partial charge is 0.453 e. The van der Waals surface area contributed by atoms with Gasteiger partial charge in [0.15, 0.2) is 5.58 Å². The number of nitrogens with zero attached hydrogens (tertiary/aromatic N) is 2. The molecule has 0 saturated heterocycles. The molecule has 5 aromatic rings. The summed E-state index contributed by atoms with van der Waals surface area (Å²) in [7, 11) is 0. The summed E-state index contributed by atoms with van der Waals surface area (Å²) < 4.78 is 8.15. The van der Waals surface area contributed by atoms with Crippen LogP contribution in [0.1, 0.15) is 24.8 Å². The van der Waals surface area contributed by atoms with Gasteiger partial charge in [0, 0.05) is 22.7 Å². The molecule has 0 amide bonds. The van der Waals surface area contributed by atoms with Crippen molar-refractivity contribution in [1.29, 1.82) is 0 Å². The van der Waals surface area contributed by atoms with Crippen molar-refractivity contribution in [3.8, 4) is 22.5 Å². The minimum atomic E-state index is -0.256. The van der Waals surface area contributed by atoms with Gasteiger partial charge in [0.1, 0.15) is 11.3 Å². The number of hydrogen-bond donors (Lipinski definition) is 2. The molecule has 0 aliphatic heterocycles. The van der Waals surface area contributed by atoms with Gasteiger partial charge in [-0.1, -0.05) is 60.7 Å². The third-order valence-electron chi connectivity index (χ3n) is 6.94. The molecule has 0 unspecified atom stereocenters. The molecule has 6 heteroatoms. The molecule has 1 fully saturated rings. The number of aliphatic hydroxyl groups excluding tert-OH is 1. The second-order valence-corrected chi connectivity index (χ2v) is 9.08. The van der Waals surface area contributed by atoms with Crippen LogP contribution in [-0.2, 0) is 12.1 Å². The summed E-state index contributed by atoms with van der Waals surface area (Å²) in [5.41, 5.74) is 10.5. The first-order valence-corrected chi connectivity index (χ1v) is 11.6. The van der Waals surface area contributed by atoms with E-state index in [4.69, 9.17) is 10.2 Å². The highest BCUT2D eigenvalue weighted by molar-refractivity contribution is 6.03. The lowest BCUT2D eigenvalue weighted by Crippen LogP contribution is -2.43. The minimum absolute atomic E-state index is 0.0185. The number of hydrogen-bond acceptors (Lipinski definition) is 5. The highest BCUT2D eigenvalue weighted by atomic mass is 16.3. The molecule has 3 N–H and O–H groups in total. The number of aromatic nitrogens is 2. The zero-order chi connectivity index (χ0) is 23.3. The van der Waals surface area contributed by atoms with Crippen LogP contribution in [0.15, 0.2) is 82.1 Å². The van der Waals surface area contributed by atoms with Gasteiger partial charge in [0.25, 0.3) is 0 Å². The van der Waals surface area contributed by atoms with Crippen molar-refractivity contribution in [3.05, 3.63) is 88.7 Å². The van der Waals surface area contributed by atoms with Crippen molar-refractivity contribution >= 4 is 21.9 Å². The molecule has 0 spiro atoms. The van der Waals surface area contributed by atoms with Crippen LogP contribution in [0.25, 0.3) is 44.3 Å². The number of nitrogens with two attached hydrogens (primary N) is 1. The Morgan fingerprint density at radius 2 is 1.76 bits per heavy atom. The molecule has 0 bridgehead atoms. The van der Waals surface area contributed by atoms with Crippen LogP contribution in [0.2, 0.25) is 0 Å². The van der Waals surface area contributed by atoms with E-state index in [0.29, 0.717) is 34.4 Å². The maximum Gasteiger partial charge on any atom is 0.201 e. The molecule has 1 aliphatic rings. The predicted molar refractivity (Wildman–Crippen MR) is 133 cm³/mol. The molecule has 2 aromatic heterocycles. The van der Waals surface area contributed by atoms with E-state index in [1.54, 1.807) is 10.7 Å². The fraction of sp³-hybridized carbons (Fsp3) is 0.214. The summed E-state index contributed by atoms with van der Waals surface area (Å²) in [4.78, 5) is 13.9. The highest BCUT2D eigenvalue weighted by Gasteiger charge is 2.34. The van der Waals surface area contributed by atoms with Crippen molar-refractivity contribution in [2.45, 2.75) is 31.3 Å². The second kappa shape index (κ2) is 7.94. The van der Waals surface area contributed by atoms with Gasteiger partial charge in [0.2, 0.25) is 5.43 Å². The summed E-state index contributed by atoms with van der Waals surface area (Å²) in [5, 5.41) is 15.2. The number of fused-ring (bicyclic) bond motifs is 3. The first-order chi connectivity index (χ1) is 16.6. The minimum Gasteiger partial charge on any atom is -0.453 e. The van der Waals surface area contributed by atoms with Gasteiger partial charge in [0.05, 0.1) is 24.1 Å². The number of aliphatic hydroxyl groups is 1. The average Bonchev–Trinajstić information content (AvgIpc) is 3.26. The van der Waals surface area contributed by atoms with Crippen LogP contribution in [0.5, 0.6) is 0 Å². The average molecular weight is 452 g/mol. The van der Waals surface area contributed by atoms with Crippen molar-refractivity contribution < 1.29 is 9.52 Å². The fourth-order valence-corrected chi connectivity index (χ4v) is 4.87. The quantitative estimate of drug-likeness (QED) is 0.400. The van der Waals surface area contributed by atoms with E-state index in [1.807, 2.05) is 66.9 Å². The Morgan fingerprint density at radius 1 is 1.00 bits per heavy atom. The zero-order valence-electron chi connectivity index (χ0n) is 18.7. The van der Waals surface area contributed by atoms with Crippen molar-refractivity contribution in [3.63, 3.8) is 0 Å². The summed E-state index contributed by atoms with van der Waals surface area (Å²) in [6.07, 6.45) is 4.97. The normalized spacial score (nSPS) is 15.0. The maximum atomic E-state index is 13.9. The predicted octanol–water partition coefficient (Wildman–Crippen LogP) is 4.81. The van der Waals surface area contributed by atoms with Crippen molar-refractivity contribution in [2.75, 3.05) is 6.61 Å². The van der Waals surface area contributed by atoms with Gasteiger partial charge in [-0.05, 0) is 36.5 Å². The van der Waals surface area contributed by atoms with E-state index < -0.39 is 0 Å².